The third-order valence-corrected chi connectivity index (χ3v) is 5.05. The fraction of sp³-hybridized carbons (Fsp3) is 0.333. The van der Waals surface area contributed by atoms with Gasteiger partial charge >= 0.3 is 0 Å². The Morgan fingerprint density at radius 2 is 1.72 bits per heavy atom. The van der Waals surface area contributed by atoms with E-state index < -0.39 is 11.5 Å². The van der Waals surface area contributed by atoms with Gasteiger partial charge in [0.25, 0.3) is 5.91 Å². The van der Waals surface area contributed by atoms with Crippen LogP contribution in [0.4, 0.5) is 11.4 Å². The molecule has 0 spiro atoms. The predicted molar refractivity (Wildman–Crippen MR) is 107 cm³/mol. The highest BCUT2D eigenvalue weighted by atomic mass is 16.6. The van der Waals surface area contributed by atoms with Gasteiger partial charge in [0.1, 0.15) is 16.6 Å². The number of nitrogens with one attached hydrogen (secondary N) is 2. The van der Waals surface area contributed by atoms with Crippen molar-refractivity contribution in [3.63, 3.8) is 0 Å². The summed E-state index contributed by atoms with van der Waals surface area (Å²) in [5.74, 6) is -0.626. The number of rotatable bonds is 5. The number of carbonyl (C=O) groups excluding carboxylic acids is 2. The molecule has 1 aliphatic carbocycles. The fourth-order valence-electron chi connectivity index (χ4n) is 3.94. The molecule has 3 aromatic rings. The average Bonchev–Trinajstić information content (AvgIpc) is 3.08. The summed E-state index contributed by atoms with van der Waals surface area (Å²) in [6.07, 6.45) is 1.01. The largest absolute Gasteiger partial charge is 0.380 e. The number of anilines is 2. The zero-order valence-corrected chi connectivity index (χ0v) is 16.2. The minimum atomic E-state index is -1.34. The number of aliphatic hydroxyl groups is 1. The lowest BCUT2D eigenvalue weighted by molar-refractivity contribution is -0.158. The first-order valence-corrected chi connectivity index (χ1v) is 9.37. The van der Waals surface area contributed by atoms with Crippen LogP contribution in [0.2, 0.25) is 0 Å². The number of aromatic nitrogens is 2. The van der Waals surface area contributed by atoms with E-state index >= 15 is 0 Å². The van der Waals surface area contributed by atoms with Crippen molar-refractivity contribution < 1.29 is 19.3 Å². The molecule has 0 saturated heterocycles. The van der Waals surface area contributed by atoms with Crippen molar-refractivity contribution >= 4 is 34.2 Å². The Labute approximate surface area is 167 Å². The van der Waals surface area contributed by atoms with Gasteiger partial charge in [0.15, 0.2) is 0 Å². The number of hydrogen-bond donors (Lipinski definition) is 3. The molecule has 2 amide bonds. The monoisotopic (exact) mass is 394 g/mol. The highest BCUT2D eigenvalue weighted by molar-refractivity contribution is 5.99. The van der Waals surface area contributed by atoms with Crippen LogP contribution in [-0.2, 0) is 16.0 Å². The molecule has 0 bridgehead atoms. The molecular weight excluding hydrogens is 372 g/mol. The van der Waals surface area contributed by atoms with Crippen LogP contribution in [0.5, 0.6) is 0 Å². The molecule has 150 valence electrons. The standard InChI is InChI=1S/C21H22N4O4/c1-20(2)11-21(28,12-20)19(27)23-15-5-3-4-14(10-15)22-18(26)9-13-6-7-16-17(8-13)25-29-24-16/h3-8,10,28H,9,11-12H2,1-2H3,(H,22,26)(H,23,27). The quantitative estimate of drug-likeness (QED) is 0.612. The van der Waals surface area contributed by atoms with Gasteiger partial charge in [-0.3, -0.25) is 9.59 Å². The summed E-state index contributed by atoms with van der Waals surface area (Å²) < 4.78 is 4.66. The Hall–Kier alpha value is -3.26. The lowest BCUT2D eigenvalue weighted by atomic mass is 9.61. The zero-order chi connectivity index (χ0) is 20.6. The molecule has 0 aliphatic heterocycles. The molecule has 0 atom stereocenters. The summed E-state index contributed by atoms with van der Waals surface area (Å²) in [5.41, 5.74) is 1.71. The van der Waals surface area contributed by atoms with Crippen molar-refractivity contribution in [2.24, 2.45) is 5.41 Å². The lowest BCUT2D eigenvalue weighted by Crippen LogP contribution is -2.56. The van der Waals surface area contributed by atoms with Gasteiger partial charge in [0, 0.05) is 11.4 Å². The fourth-order valence-corrected chi connectivity index (χ4v) is 3.94. The lowest BCUT2D eigenvalue weighted by Gasteiger charge is -2.48. The molecule has 3 N–H and O–H groups in total. The number of fused-ring (bicyclic) bond motifs is 1. The molecule has 0 unspecified atom stereocenters. The number of benzene rings is 2. The number of amides is 2. The second kappa shape index (κ2) is 6.97. The third kappa shape index (κ3) is 4.12. The van der Waals surface area contributed by atoms with E-state index in [1.807, 2.05) is 13.8 Å². The Kier molecular flexibility index (Phi) is 4.58. The molecule has 8 heteroatoms. The normalized spacial score (nSPS) is 16.8. The van der Waals surface area contributed by atoms with Crippen LogP contribution in [0.3, 0.4) is 0 Å². The van der Waals surface area contributed by atoms with Gasteiger partial charge in [-0.2, -0.15) is 0 Å². The molecular formula is C21H22N4O4. The van der Waals surface area contributed by atoms with Crippen LogP contribution in [-0.4, -0.2) is 32.8 Å². The van der Waals surface area contributed by atoms with Crippen molar-refractivity contribution in [1.29, 1.82) is 0 Å². The van der Waals surface area contributed by atoms with Crippen molar-refractivity contribution in [3.05, 3.63) is 48.0 Å². The summed E-state index contributed by atoms with van der Waals surface area (Å²) >= 11 is 0. The van der Waals surface area contributed by atoms with E-state index in [0.717, 1.165) is 5.56 Å². The van der Waals surface area contributed by atoms with Crippen molar-refractivity contribution in [1.82, 2.24) is 10.3 Å². The van der Waals surface area contributed by atoms with E-state index in [4.69, 9.17) is 0 Å². The van der Waals surface area contributed by atoms with Crippen molar-refractivity contribution in [3.8, 4) is 0 Å². The van der Waals surface area contributed by atoms with Crippen molar-refractivity contribution in [2.75, 3.05) is 10.6 Å². The maximum Gasteiger partial charge on any atom is 0.256 e. The molecule has 1 saturated carbocycles. The SMILES string of the molecule is CC1(C)CC(O)(C(=O)Nc2cccc(NC(=O)Cc3ccc4nonc4c3)c2)C1. The second-order valence-corrected chi connectivity index (χ2v) is 8.40. The smallest absolute Gasteiger partial charge is 0.256 e. The maximum absolute atomic E-state index is 12.4. The first-order valence-electron chi connectivity index (χ1n) is 9.37. The molecule has 29 heavy (non-hydrogen) atoms. The van der Waals surface area contributed by atoms with Gasteiger partial charge in [-0.1, -0.05) is 26.0 Å². The van der Waals surface area contributed by atoms with Gasteiger partial charge in [0.2, 0.25) is 5.91 Å². The molecule has 1 heterocycles. The molecule has 1 aliphatic rings. The van der Waals surface area contributed by atoms with E-state index in [1.54, 1.807) is 42.5 Å². The topological polar surface area (TPSA) is 117 Å². The highest BCUT2D eigenvalue weighted by Gasteiger charge is 2.53. The summed E-state index contributed by atoms with van der Waals surface area (Å²) in [6, 6.07) is 12.1. The van der Waals surface area contributed by atoms with E-state index in [0.29, 0.717) is 35.2 Å². The average molecular weight is 394 g/mol. The predicted octanol–water partition coefficient (Wildman–Crippen LogP) is 2.89. The van der Waals surface area contributed by atoms with Gasteiger partial charge in [0.05, 0.1) is 6.42 Å². The van der Waals surface area contributed by atoms with E-state index in [9.17, 15) is 14.7 Å². The van der Waals surface area contributed by atoms with Gasteiger partial charge in [-0.15, -0.1) is 0 Å². The number of hydrogen-bond acceptors (Lipinski definition) is 6. The van der Waals surface area contributed by atoms with E-state index in [1.165, 1.54) is 0 Å². The van der Waals surface area contributed by atoms with Gasteiger partial charge < -0.3 is 15.7 Å². The summed E-state index contributed by atoms with van der Waals surface area (Å²) in [7, 11) is 0. The first-order chi connectivity index (χ1) is 13.7. The van der Waals surface area contributed by atoms with Gasteiger partial charge in [-0.05, 0) is 64.5 Å². The Morgan fingerprint density at radius 1 is 1.03 bits per heavy atom. The minimum absolute atomic E-state index is 0.0348. The molecule has 1 fully saturated rings. The van der Waals surface area contributed by atoms with Crippen molar-refractivity contribution in [2.45, 2.75) is 38.7 Å². The van der Waals surface area contributed by atoms with Crippen LogP contribution in [0.25, 0.3) is 11.0 Å². The number of carbonyl (C=O) groups is 2. The summed E-state index contributed by atoms with van der Waals surface area (Å²) in [4.78, 5) is 24.8. The number of nitrogens with zero attached hydrogens (tertiary/aromatic N) is 2. The van der Waals surface area contributed by atoms with E-state index in [-0.39, 0.29) is 17.7 Å². The second-order valence-electron chi connectivity index (χ2n) is 8.40. The summed E-state index contributed by atoms with van der Waals surface area (Å²) in [5, 5.41) is 23.5. The molecule has 8 nitrogen and oxygen atoms in total. The third-order valence-electron chi connectivity index (χ3n) is 5.05. The highest BCUT2D eigenvalue weighted by Crippen LogP contribution is 2.48. The molecule has 0 radical (unpaired) electrons. The Balaban J connectivity index is 1.38. The van der Waals surface area contributed by atoms with Crippen LogP contribution in [0, 0.1) is 5.41 Å². The first kappa shape index (κ1) is 19.1. The molecule has 4 rings (SSSR count). The van der Waals surface area contributed by atoms with Gasteiger partial charge in [-0.25, -0.2) is 4.63 Å². The van der Waals surface area contributed by atoms with Crippen LogP contribution in [0.15, 0.2) is 47.1 Å². The zero-order valence-electron chi connectivity index (χ0n) is 16.2. The Morgan fingerprint density at radius 3 is 2.45 bits per heavy atom. The van der Waals surface area contributed by atoms with Crippen LogP contribution < -0.4 is 10.6 Å². The minimum Gasteiger partial charge on any atom is -0.380 e. The van der Waals surface area contributed by atoms with E-state index in [2.05, 4.69) is 25.6 Å². The van der Waals surface area contributed by atoms with Crippen LogP contribution in [0.1, 0.15) is 32.3 Å². The Bertz CT molecular complexity index is 1080. The maximum atomic E-state index is 12.4. The summed E-state index contributed by atoms with van der Waals surface area (Å²) in [6.45, 7) is 4.03. The molecule has 2 aromatic carbocycles. The van der Waals surface area contributed by atoms with Crippen LogP contribution >= 0.6 is 0 Å². The molecule has 1 aromatic heterocycles.